The first-order valence-corrected chi connectivity index (χ1v) is 5.84. The number of hydrogen-bond donors (Lipinski definition) is 1. The van der Waals surface area contributed by atoms with Crippen molar-refractivity contribution in [2.45, 2.75) is 13.1 Å². The van der Waals surface area contributed by atoms with Crippen molar-refractivity contribution >= 4 is 0 Å². The Morgan fingerprint density at radius 1 is 1.39 bits per heavy atom. The molecule has 0 saturated heterocycles. The van der Waals surface area contributed by atoms with Gasteiger partial charge in [-0.3, -0.25) is 9.36 Å². The van der Waals surface area contributed by atoms with Crippen LogP contribution < -0.4 is 5.32 Å². The molecule has 98 valence electrons. The Morgan fingerprint density at radius 3 is 3.00 bits per heavy atom. The molecule has 2 heterocycles. The molecule has 0 aliphatic rings. The number of rotatable bonds is 7. The number of aryl methyl sites for hydroxylation is 1. The summed E-state index contributed by atoms with van der Waals surface area (Å²) in [4.78, 5) is 4.19. The molecule has 0 spiro atoms. The molecule has 0 fully saturated rings. The minimum atomic E-state index is 0.630. The van der Waals surface area contributed by atoms with Crippen LogP contribution in [0.1, 0.15) is 11.5 Å². The highest BCUT2D eigenvalue weighted by Gasteiger charge is 2.06. The van der Waals surface area contributed by atoms with Gasteiger partial charge in [0, 0.05) is 33.4 Å². The maximum absolute atomic E-state index is 4.99. The summed E-state index contributed by atoms with van der Waals surface area (Å²) in [7, 11) is 3.57. The average Bonchev–Trinajstić information content (AvgIpc) is 2.96. The predicted molar refractivity (Wildman–Crippen MR) is 65.9 cm³/mol. The average molecular weight is 250 g/mol. The molecule has 0 amide bonds. The van der Waals surface area contributed by atoms with Crippen molar-refractivity contribution in [1.82, 2.24) is 29.9 Å². The Kier molecular flexibility index (Phi) is 4.43. The van der Waals surface area contributed by atoms with Gasteiger partial charge in [0.15, 0.2) is 0 Å². The van der Waals surface area contributed by atoms with E-state index in [2.05, 4.69) is 20.5 Å². The minimum absolute atomic E-state index is 0.630. The van der Waals surface area contributed by atoms with Gasteiger partial charge in [-0.15, -0.1) is 0 Å². The lowest BCUT2D eigenvalue weighted by Gasteiger charge is -2.08. The van der Waals surface area contributed by atoms with Gasteiger partial charge in [-0.2, -0.15) is 10.2 Å². The third-order valence-electron chi connectivity index (χ3n) is 2.69. The third kappa shape index (κ3) is 3.14. The van der Waals surface area contributed by atoms with E-state index in [1.54, 1.807) is 24.3 Å². The van der Waals surface area contributed by atoms with Crippen molar-refractivity contribution in [3.63, 3.8) is 0 Å². The van der Waals surface area contributed by atoms with E-state index >= 15 is 0 Å². The fourth-order valence-electron chi connectivity index (χ4n) is 1.64. The Hall–Kier alpha value is -1.73. The Morgan fingerprint density at radius 2 is 2.28 bits per heavy atom. The molecule has 7 nitrogen and oxygen atoms in total. The summed E-state index contributed by atoms with van der Waals surface area (Å²) in [6, 6.07) is 2.00. The zero-order chi connectivity index (χ0) is 12.8. The van der Waals surface area contributed by atoms with Crippen LogP contribution in [-0.2, 0) is 24.9 Å². The molecule has 0 aromatic carbocycles. The Balaban J connectivity index is 1.93. The Bertz CT molecular complexity index is 477. The minimum Gasteiger partial charge on any atom is -0.383 e. The van der Waals surface area contributed by atoms with Crippen molar-refractivity contribution in [1.29, 1.82) is 0 Å². The van der Waals surface area contributed by atoms with Crippen molar-refractivity contribution in [3.8, 4) is 0 Å². The van der Waals surface area contributed by atoms with Gasteiger partial charge in [0.25, 0.3) is 0 Å². The van der Waals surface area contributed by atoms with E-state index in [9.17, 15) is 0 Å². The number of ether oxygens (including phenoxy) is 1. The fourth-order valence-corrected chi connectivity index (χ4v) is 1.64. The van der Waals surface area contributed by atoms with E-state index in [0.717, 1.165) is 24.6 Å². The van der Waals surface area contributed by atoms with Crippen LogP contribution in [0.4, 0.5) is 0 Å². The molecule has 1 N–H and O–H groups in total. The lowest BCUT2D eigenvalue weighted by Crippen LogP contribution is -2.21. The number of nitrogens with zero attached hydrogens (tertiary/aromatic N) is 5. The molecule has 0 aliphatic heterocycles. The molecular weight excluding hydrogens is 232 g/mol. The lowest BCUT2D eigenvalue weighted by atomic mass is 10.4. The topological polar surface area (TPSA) is 69.8 Å². The van der Waals surface area contributed by atoms with E-state index < -0.39 is 0 Å². The second kappa shape index (κ2) is 6.27. The second-order valence-electron chi connectivity index (χ2n) is 3.95. The van der Waals surface area contributed by atoms with Gasteiger partial charge >= 0.3 is 0 Å². The quantitative estimate of drug-likeness (QED) is 0.689. The summed E-state index contributed by atoms with van der Waals surface area (Å²) in [5.41, 5.74) is 1.12. The van der Waals surface area contributed by atoms with Gasteiger partial charge < -0.3 is 10.1 Å². The highest BCUT2D eigenvalue weighted by Crippen LogP contribution is 2.02. The van der Waals surface area contributed by atoms with Crippen LogP contribution in [0.2, 0.25) is 0 Å². The Labute approximate surface area is 106 Å². The van der Waals surface area contributed by atoms with Crippen LogP contribution >= 0.6 is 0 Å². The molecule has 0 atom stereocenters. The highest BCUT2D eigenvalue weighted by molar-refractivity contribution is 5.02. The number of nitrogens with one attached hydrogen (secondary N) is 1. The third-order valence-corrected chi connectivity index (χ3v) is 2.69. The van der Waals surface area contributed by atoms with Gasteiger partial charge in [-0.1, -0.05) is 0 Å². The van der Waals surface area contributed by atoms with Crippen LogP contribution in [0, 0.1) is 0 Å². The second-order valence-corrected chi connectivity index (χ2v) is 3.95. The highest BCUT2D eigenvalue weighted by atomic mass is 16.5. The molecule has 0 unspecified atom stereocenters. The largest absolute Gasteiger partial charge is 0.383 e. The fraction of sp³-hybridized carbons (Fsp3) is 0.545. The summed E-state index contributed by atoms with van der Waals surface area (Å²) in [5.74, 6) is 0.886. The normalized spacial score (nSPS) is 11.0. The molecule has 0 aliphatic carbocycles. The molecule has 18 heavy (non-hydrogen) atoms. The van der Waals surface area contributed by atoms with Crippen molar-refractivity contribution in [2.24, 2.45) is 7.05 Å². The van der Waals surface area contributed by atoms with Crippen molar-refractivity contribution in [3.05, 3.63) is 30.1 Å². The zero-order valence-corrected chi connectivity index (χ0v) is 10.7. The monoisotopic (exact) mass is 250 g/mol. The summed E-state index contributed by atoms with van der Waals surface area (Å²) >= 11 is 0. The molecular formula is C11H18N6O. The predicted octanol–water partition coefficient (Wildman–Crippen LogP) is -0.204. The molecule has 2 rings (SSSR count). The van der Waals surface area contributed by atoms with E-state index in [0.29, 0.717) is 13.2 Å². The maximum Gasteiger partial charge on any atom is 0.148 e. The first-order valence-electron chi connectivity index (χ1n) is 5.84. The van der Waals surface area contributed by atoms with E-state index in [4.69, 9.17) is 4.74 Å². The van der Waals surface area contributed by atoms with Gasteiger partial charge in [0.2, 0.25) is 0 Å². The molecule has 7 heteroatoms. The summed E-state index contributed by atoms with van der Waals surface area (Å²) < 4.78 is 8.66. The zero-order valence-electron chi connectivity index (χ0n) is 10.7. The van der Waals surface area contributed by atoms with Crippen LogP contribution in [0.15, 0.2) is 18.6 Å². The van der Waals surface area contributed by atoms with E-state index in [1.165, 1.54) is 0 Å². The van der Waals surface area contributed by atoms with E-state index in [1.807, 2.05) is 17.8 Å². The van der Waals surface area contributed by atoms with E-state index in [-0.39, 0.29) is 0 Å². The number of hydrogen-bond acceptors (Lipinski definition) is 5. The van der Waals surface area contributed by atoms with Crippen molar-refractivity contribution < 1.29 is 4.74 Å². The van der Waals surface area contributed by atoms with Crippen LogP contribution in [-0.4, -0.2) is 44.8 Å². The van der Waals surface area contributed by atoms with Crippen molar-refractivity contribution in [2.75, 3.05) is 20.3 Å². The molecule has 0 saturated carbocycles. The smallest absolute Gasteiger partial charge is 0.148 e. The number of aromatic nitrogens is 5. The summed E-state index contributed by atoms with van der Waals surface area (Å²) in [6.45, 7) is 2.93. The molecule has 2 aromatic rings. The van der Waals surface area contributed by atoms with Gasteiger partial charge in [0.1, 0.15) is 18.7 Å². The summed E-state index contributed by atoms with van der Waals surface area (Å²) in [6.07, 6.45) is 3.35. The first-order chi connectivity index (χ1) is 8.81. The maximum atomic E-state index is 4.99. The lowest BCUT2D eigenvalue weighted by molar-refractivity contribution is 0.199. The summed E-state index contributed by atoms with van der Waals surface area (Å²) in [5, 5.41) is 11.6. The number of methoxy groups -OCH3 is 1. The van der Waals surface area contributed by atoms with Gasteiger partial charge in [-0.05, 0) is 6.07 Å². The van der Waals surface area contributed by atoms with Gasteiger partial charge in [-0.25, -0.2) is 4.98 Å². The van der Waals surface area contributed by atoms with Crippen LogP contribution in [0.3, 0.4) is 0 Å². The van der Waals surface area contributed by atoms with Gasteiger partial charge in [0.05, 0.1) is 12.3 Å². The first kappa shape index (κ1) is 12.7. The standard InChI is InChI=1S/C11H18N6O/c1-16-11(13-9-15-16)8-17-10(3-4-14-17)7-12-5-6-18-2/h3-4,9,12H,5-8H2,1-2H3. The molecule has 0 radical (unpaired) electrons. The van der Waals surface area contributed by atoms with Crippen LogP contribution in [0.25, 0.3) is 0 Å². The molecule has 0 bridgehead atoms. The molecule has 2 aromatic heterocycles. The SMILES string of the molecule is COCCNCc1ccnn1Cc1ncnn1C. The van der Waals surface area contributed by atoms with Crippen LogP contribution in [0.5, 0.6) is 0 Å².